The molecule has 0 aromatic heterocycles. The van der Waals surface area contributed by atoms with Crippen molar-refractivity contribution in [2.75, 3.05) is 13.7 Å². The van der Waals surface area contributed by atoms with Crippen molar-refractivity contribution in [3.8, 4) is 5.75 Å². The van der Waals surface area contributed by atoms with Crippen LogP contribution in [0.2, 0.25) is 5.02 Å². The third-order valence-corrected chi connectivity index (χ3v) is 3.68. The van der Waals surface area contributed by atoms with Gasteiger partial charge in [-0.25, -0.2) is 0 Å². The quantitative estimate of drug-likeness (QED) is 0.815. The summed E-state index contributed by atoms with van der Waals surface area (Å²) in [6.07, 6.45) is 0.966. The van der Waals surface area contributed by atoms with E-state index in [1.165, 1.54) is 5.56 Å². The lowest BCUT2D eigenvalue weighted by Crippen LogP contribution is -2.14. The van der Waals surface area contributed by atoms with E-state index in [4.69, 9.17) is 16.3 Å². The summed E-state index contributed by atoms with van der Waals surface area (Å²) in [6, 6.07) is 14.0. The summed E-state index contributed by atoms with van der Waals surface area (Å²) in [4.78, 5) is 4.65. The highest BCUT2D eigenvalue weighted by molar-refractivity contribution is 6.35. The maximum atomic E-state index is 6.29. The molecule has 19 heavy (non-hydrogen) atoms. The lowest BCUT2D eigenvalue weighted by atomic mass is 9.93. The zero-order valence-electron chi connectivity index (χ0n) is 10.7. The molecule has 3 heteroatoms. The molecule has 96 valence electrons. The average Bonchev–Trinajstić information content (AvgIpc) is 2.47. The molecule has 0 atom stereocenters. The van der Waals surface area contributed by atoms with Crippen LogP contribution in [-0.2, 0) is 6.42 Å². The Morgan fingerprint density at radius 3 is 2.74 bits per heavy atom. The van der Waals surface area contributed by atoms with E-state index in [1.54, 1.807) is 7.11 Å². The van der Waals surface area contributed by atoms with Crippen molar-refractivity contribution in [1.82, 2.24) is 0 Å². The Kier molecular flexibility index (Phi) is 3.26. The van der Waals surface area contributed by atoms with Gasteiger partial charge in [-0.1, -0.05) is 35.9 Å². The second-order valence-corrected chi connectivity index (χ2v) is 4.89. The maximum Gasteiger partial charge on any atom is 0.119 e. The molecule has 0 unspecified atom stereocenters. The van der Waals surface area contributed by atoms with Crippen molar-refractivity contribution < 1.29 is 4.74 Å². The van der Waals surface area contributed by atoms with Crippen LogP contribution in [0.3, 0.4) is 0 Å². The highest BCUT2D eigenvalue weighted by Crippen LogP contribution is 2.27. The number of methoxy groups -OCH3 is 1. The van der Waals surface area contributed by atoms with Gasteiger partial charge in [-0.05, 0) is 30.2 Å². The molecule has 0 saturated heterocycles. The third-order valence-electron chi connectivity index (χ3n) is 3.35. The van der Waals surface area contributed by atoms with E-state index >= 15 is 0 Å². The molecule has 0 fully saturated rings. The summed E-state index contributed by atoms with van der Waals surface area (Å²) < 4.78 is 5.31. The van der Waals surface area contributed by atoms with E-state index in [0.29, 0.717) is 0 Å². The van der Waals surface area contributed by atoms with Gasteiger partial charge in [0, 0.05) is 22.7 Å². The zero-order valence-corrected chi connectivity index (χ0v) is 11.4. The van der Waals surface area contributed by atoms with Crippen LogP contribution in [0, 0.1) is 0 Å². The van der Waals surface area contributed by atoms with Crippen LogP contribution in [0.4, 0.5) is 0 Å². The minimum Gasteiger partial charge on any atom is -0.497 e. The molecule has 2 nitrogen and oxygen atoms in total. The van der Waals surface area contributed by atoms with Gasteiger partial charge >= 0.3 is 0 Å². The van der Waals surface area contributed by atoms with Crippen LogP contribution in [0.25, 0.3) is 0 Å². The van der Waals surface area contributed by atoms with E-state index < -0.39 is 0 Å². The summed E-state index contributed by atoms with van der Waals surface area (Å²) in [6.45, 7) is 0.805. The van der Waals surface area contributed by atoms with Gasteiger partial charge in [-0.2, -0.15) is 0 Å². The fourth-order valence-corrected chi connectivity index (χ4v) is 2.60. The third kappa shape index (κ3) is 2.24. The lowest BCUT2D eigenvalue weighted by Gasteiger charge is -2.18. The van der Waals surface area contributed by atoms with E-state index in [9.17, 15) is 0 Å². The van der Waals surface area contributed by atoms with Crippen LogP contribution in [0.1, 0.15) is 16.7 Å². The number of ether oxygens (including phenoxy) is 1. The first-order valence-corrected chi connectivity index (χ1v) is 6.64. The second-order valence-electron chi connectivity index (χ2n) is 4.48. The van der Waals surface area contributed by atoms with Crippen molar-refractivity contribution >= 4 is 17.3 Å². The topological polar surface area (TPSA) is 21.6 Å². The van der Waals surface area contributed by atoms with Crippen LogP contribution in [0.5, 0.6) is 5.75 Å². The van der Waals surface area contributed by atoms with E-state index in [0.717, 1.165) is 40.6 Å². The van der Waals surface area contributed by atoms with Crippen molar-refractivity contribution in [3.63, 3.8) is 0 Å². The Morgan fingerprint density at radius 1 is 1.11 bits per heavy atom. The maximum absolute atomic E-state index is 6.29. The first-order chi connectivity index (χ1) is 9.29. The predicted molar refractivity (Wildman–Crippen MR) is 78.7 cm³/mol. The minimum absolute atomic E-state index is 0.733. The zero-order chi connectivity index (χ0) is 13.2. The number of fused-ring (bicyclic) bond motifs is 1. The number of aliphatic imine (C=N–C) groups is 1. The Balaban J connectivity index is 2.15. The molecule has 0 N–H and O–H groups in total. The molecule has 0 spiro atoms. The summed E-state index contributed by atoms with van der Waals surface area (Å²) in [5.41, 5.74) is 4.37. The molecule has 0 aliphatic carbocycles. The minimum atomic E-state index is 0.733. The number of rotatable bonds is 2. The molecule has 2 aromatic carbocycles. The largest absolute Gasteiger partial charge is 0.497 e. The van der Waals surface area contributed by atoms with Crippen LogP contribution < -0.4 is 4.74 Å². The molecular formula is C16H14ClNO. The molecule has 0 radical (unpaired) electrons. The molecule has 3 rings (SSSR count). The van der Waals surface area contributed by atoms with Gasteiger partial charge in [0.15, 0.2) is 0 Å². The van der Waals surface area contributed by atoms with Crippen LogP contribution >= 0.6 is 11.6 Å². The summed E-state index contributed by atoms with van der Waals surface area (Å²) in [7, 11) is 1.68. The highest BCUT2D eigenvalue weighted by Gasteiger charge is 2.18. The van der Waals surface area contributed by atoms with E-state index in [-0.39, 0.29) is 0 Å². The van der Waals surface area contributed by atoms with E-state index in [1.807, 2.05) is 36.4 Å². The number of hydrogen-bond acceptors (Lipinski definition) is 2. The fraction of sp³-hybridized carbons (Fsp3) is 0.188. The van der Waals surface area contributed by atoms with Crippen LogP contribution in [0.15, 0.2) is 47.5 Å². The first kappa shape index (κ1) is 12.2. The highest BCUT2D eigenvalue weighted by atomic mass is 35.5. The van der Waals surface area contributed by atoms with E-state index in [2.05, 4.69) is 11.1 Å². The fourth-order valence-electron chi connectivity index (χ4n) is 2.38. The van der Waals surface area contributed by atoms with Gasteiger partial charge in [-0.15, -0.1) is 0 Å². The molecule has 2 aromatic rings. The Labute approximate surface area is 117 Å². The molecule has 1 heterocycles. The molecule has 0 amide bonds. The van der Waals surface area contributed by atoms with Gasteiger partial charge in [0.1, 0.15) is 5.75 Å². The molecule has 0 bridgehead atoms. The van der Waals surface area contributed by atoms with Crippen molar-refractivity contribution in [1.29, 1.82) is 0 Å². The average molecular weight is 272 g/mol. The normalized spacial score (nSPS) is 13.7. The predicted octanol–water partition coefficient (Wildman–Crippen LogP) is 3.74. The number of halogens is 1. The Hall–Kier alpha value is -1.80. The van der Waals surface area contributed by atoms with Crippen molar-refractivity contribution in [3.05, 3.63) is 64.2 Å². The SMILES string of the molecule is COc1ccc2c(c1)C(c1ccccc1Cl)=NCC2. The summed E-state index contributed by atoms with van der Waals surface area (Å²) in [5.74, 6) is 0.848. The van der Waals surface area contributed by atoms with Gasteiger partial charge in [0.2, 0.25) is 0 Å². The monoisotopic (exact) mass is 271 g/mol. The van der Waals surface area contributed by atoms with Crippen molar-refractivity contribution in [2.45, 2.75) is 6.42 Å². The number of hydrogen-bond donors (Lipinski definition) is 0. The molecule has 1 aliphatic rings. The Bertz CT molecular complexity index is 649. The smallest absolute Gasteiger partial charge is 0.119 e. The van der Waals surface area contributed by atoms with Crippen LogP contribution in [-0.4, -0.2) is 19.4 Å². The molecule has 0 saturated carbocycles. The van der Waals surface area contributed by atoms with Gasteiger partial charge < -0.3 is 4.74 Å². The van der Waals surface area contributed by atoms with Crippen molar-refractivity contribution in [2.24, 2.45) is 4.99 Å². The Morgan fingerprint density at radius 2 is 1.95 bits per heavy atom. The number of benzene rings is 2. The van der Waals surface area contributed by atoms with Gasteiger partial charge in [-0.3, -0.25) is 4.99 Å². The molecular weight excluding hydrogens is 258 g/mol. The standard InChI is InChI=1S/C16H14ClNO/c1-19-12-7-6-11-8-9-18-16(14(11)10-12)13-4-2-3-5-15(13)17/h2-7,10H,8-9H2,1H3. The summed E-state index contributed by atoms with van der Waals surface area (Å²) >= 11 is 6.29. The number of nitrogens with zero attached hydrogens (tertiary/aromatic N) is 1. The lowest BCUT2D eigenvalue weighted by molar-refractivity contribution is 0.414. The molecule has 1 aliphatic heterocycles. The summed E-state index contributed by atoms with van der Waals surface area (Å²) in [5, 5.41) is 0.733. The second kappa shape index (κ2) is 5.06. The van der Waals surface area contributed by atoms with Gasteiger partial charge in [0.05, 0.1) is 12.8 Å². The van der Waals surface area contributed by atoms with Gasteiger partial charge in [0.25, 0.3) is 0 Å². The first-order valence-electron chi connectivity index (χ1n) is 6.26.